The number of ether oxygens (including phenoxy) is 1. The summed E-state index contributed by atoms with van der Waals surface area (Å²) >= 11 is 3.44. The van der Waals surface area contributed by atoms with Gasteiger partial charge in [0.15, 0.2) is 0 Å². The summed E-state index contributed by atoms with van der Waals surface area (Å²) in [5, 5.41) is 13.2. The fourth-order valence-electron chi connectivity index (χ4n) is 1.84. The van der Waals surface area contributed by atoms with Crippen molar-refractivity contribution in [3.8, 4) is 11.5 Å². The SMILES string of the molecule is COc1ccc(CNc2ccc(Br)cc2C)c(O)c1. The van der Waals surface area contributed by atoms with E-state index in [1.54, 1.807) is 13.2 Å². The van der Waals surface area contributed by atoms with Crippen molar-refractivity contribution in [3.05, 3.63) is 52.0 Å². The van der Waals surface area contributed by atoms with Gasteiger partial charge in [0, 0.05) is 28.3 Å². The van der Waals surface area contributed by atoms with Crippen molar-refractivity contribution in [1.82, 2.24) is 0 Å². The molecule has 4 heteroatoms. The predicted octanol–water partition coefficient (Wildman–Crippen LogP) is 4.08. The highest BCUT2D eigenvalue weighted by molar-refractivity contribution is 9.10. The number of anilines is 1. The van der Waals surface area contributed by atoms with Crippen LogP contribution in [-0.2, 0) is 6.54 Å². The van der Waals surface area contributed by atoms with Gasteiger partial charge in [0.05, 0.1) is 7.11 Å². The molecule has 100 valence electrons. The molecule has 0 aliphatic heterocycles. The molecule has 0 heterocycles. The third kappa shape index (κ3) is 3.41. The minimum atomic E-state index is 0.238. The van der Waals surface area contributed by atoms with Gasteiger partial charge in [0.1, 0.15) is 11.5 Å². The van der Waals surface area contributed by atoms with Crippen molar-refractivity contribution in [2.45, 2.75) is 13.5 Å². The molecule has 0 aliphatic carbocycles. The number of hydrogen-bond donors (Lipinski definition) is 2. The fourth-order valence-corrected chi connectivity index (χ4v) is 2.31. The Bertz CT molecular complexity index is 584. The van der Waals surface area contributed by atoms with Crippen LogP contribution in [0.1, 0.15) is 11.1 Å². The van der Waals surface area contributed by atoms with E-state index in [2.05, 4.69) is 27.3 Å². The van der Waals surface area contributed by atoms with Crippen LogP contribution in [-0.4, -0.2) is 12.2 Å². The van der Waals surface area contributed by atoms with E-state index < -0.39 is 0 Å². The molecule has 0 amide bonds. The number of methoxy groups -OCH3 is 1. The first-order valence-corrected chi connectivity index (χ1v) is 6.75. The summed E-state index contributed by atoms with van der Waals surface area (Å²) in [5.74, 6) is 0.891. The topological polar surface area (TPSA) is 41.5 Å². The standard InChI is InChI=1S/C15H16BrNO2/c1-10-7-12(16)4-6-14(10)17-9-11-3-5-13(19-2)8-15(11)18/h3-8,17-18H,9H2,1-2H3. The van der Waals surface area contributed by atoms with Crippen LogP contribution in [0.25, 0.3) is 0 Å². The second kappa shape index (κ2) is 5.97. The highest BCUT2D eigenvalue weighted by Crippen LogP contribution is 2.25. The number of halogens is 1. The van der Waals surface area contributed by atoms with Crippen LogP contribution < -0.4 is 10.1 Å². The number of benzene rings is 2. The molecule has 0 aliphatic rings. The molecule has 0 saturated carbocycles. The number of phenols is 1. The smallest absolute Gasteiger partial charge is 0.124 e. The second-order valence-electron chi connectivity index (χ2n) is 4.31. The van der Waals surface area contributed by atoms with E-state index in [0.717, 1.165) is 21.3 Å². The van der Waals surface area contributed by atoms with Gasteiger partial charge in [-0.3, -0.25) is 0 Å². The molecule has 0 fully saturated rings. The number of aryl methyl sites for hydroxylation is 1. The van der Waals surface area contributed by atoms with E-state index >= 15 is 0 Å². The van der Waals surface area contributed by atoms with Crippen molar-refractivity contribution in [3.63, 3.8) is 0 Å². The maximum atomic E-state index is 9.89. The molecule has 3 nitrogen and oxygen atoms in total. The Balaban J connectivity index is 2.10. The van der Waals surface area contributed by atoms with Crippen LogP contribution in [0.2, 0.25) is 0 Å². The van der Waals surface area contributed by atoms with Crippen LogP contribution >= 0.6 is 15.9 Å². The highest BCUT2D eigenvalue weighted by atomic mass is 79.9. The Labute approximate surface area is 121 Å². The van der Waals surface area contributed by atoms with E-state index in [-0.39, 0.29) is 5.75 Å². The molecule has 0 spiro atoms. The molecule has 2 aromatic carbocycles. The summed E-state index contributed by atoms with van der Waals surface area (Å²) in [6.07, 6.45) is 0. The first-order chi connectivity index (χ1) is 9.10. The Morgan fingerprint density at radius 3 is 2.63 bits per heavy atom. The van der Waals surface area contributed by atoms with Gasteiger partial charge < -0.3 is 15.2 Å². The molecule has 0 unspecified atom stereocenters. The zero-order valence-corrected chi connectivity index (χ0v) is 12.5. The normalized spacial score (nSPS) is 10.3. The maximum Gasteiger partial charge on any atom is 0.124 e. The van der Waals surface area contributed by atoms with Crippen LogP contribution in [0.4, 0.5) is 5.69 Å². The lowest BCUT2D eigenvalue weighted by molar-refractivity contribution is 0.406. The monoisotopic (exact) mass is 321 g/mol. The molecular formula is C15H16BrNO2. The number of phenolic OH excluding ortho intramolecular Hbond substituents is 1. The first kappa shape index (κ1) is 13.7. The quantitative estimate of drug-likeness (QED) is 0.891. The summed E-state index contributed by atoms with van der Waals surface area (Å²) in [6, 6.07) is 11.4. The Kier molecular flexibility index (Phi) is 4.32. The predicted molar refractivity (Wildman–Crippen MR) is 80.9 cm³/mol. The Hall–Kier alpha value is -1.68. The van der Waals surface area contributed by atoms with Crippen LogP contribution in [0, 0.1) is 6.92 Å². The summed E-state index contributed by atoms with van der Waals surface area (Å²) in [4.78, 5) is 0. The lowest BCUT2D eigenvalue weighted by atomic mass is 10.1. The van der Waals surface area contributed by atoms with Gasteiger partial charge in [0.2, 0.25) is 0 Å². The van der Waals surface area contributed by atoms with Gasteiger partial charge >= 0.3 is 0 Å². The minimum absolute atomic E-state index is 0.238. The van der Waals surface area contributed by atoms with Crippen molar-refractivity contribution in [2.75, 3.05) is 12.4 Å². The van der Waals surface area contributed by atoms with Gasteiger partial charge in [-0.1, -0.05) is 15.9 Å². The molecule has 2 aromatic rings. The molecular weight excluding hydrogens is 306 g/mol. The van der Waals surface area contributed by atoms with Gasteiger partial charge in [-0.25, -0.2) is 0 Å². The second-order valence-corrected chi connectivity index (χ2v) is 5.22. The average molecular weight is 322 g/mol. The lowest BCUT2D eigenvalue weighted by Crippen LogP contribution is -2.01. The van der Waals surface area contributed by atoms with Gasteiger partial charge in [-0.2, -0.15) is 0 Å². The average Bonchev–Trinajstić information content (AvgIpc) is 2.39. The molecule has 0 aromatic heterocycles. The lowest BCUT2D eigenvalue weighted by Gasteiger charge is -2.11. The van der Waals surface area contributed by atoms with Crippen LogP contribution in [0.3, 0.4) is 0 Å². The van der Waals surface area contributed by atoms with Crippen LogP contribution in [0.15, 0.2) is 40.9 Å². The number of aromatic hydroxyl groups is 1. The third-order valence-corrected chi connectivity index (χ3v) is 3.44. The van der Waals surface area contributed by atoms with Gasteiger partial charge in [-0.05, 0) is 42.8 Å². The maximum absolute atomic E-state index is 9.89. The summed E-state index contributed by atoms with van der Waals surface area (Å²) < 4.78 is 6.12. The number of rotatable bonds is 4. The van der Waals surface area contributed by atoms with E-state index in [1.807, 2.05) is 31.2 Å². The number of nitrogens with one attached hydrogen (secondary N) is 1. The van der Waals surface area contributed by atoms with E-state index in [4.69, 9.17) is 4.74 Å². The molecule has 0 atom stereocenters. The number of hydrogen-bond acceptors (Lipinski definition) is 3. The largest absolute Gasteiger partial charge is 0.507 e. The Morgan fingerprint density at radius 1 is 1.21 bits per heavy atom. The van der Waals surface area contributed by atoms with E-state index in [1.165, 1.54) is 0 Å². The first-order valence-electron chi connectivity index (χ1n) is 5.96. The summed E-state index contributed by atoms with van der Waals surface area (Å²) in [5.41, 5.74) is 3.05. The van der Waals surface area contributed by atoms with Gasteiger partial charge in [0.25, 0.3) is 0 Å². The van der Waals surface area contributed by atoms with Crippen molar-refractivity contribution in [1.29, 1.82) is 0 Å². The minimum Gasteiger partial charge on any atom is -0.507 e. The Morgan fingerprint density at radius 2 is 2.00 bits per heavy atom. The summed E-state index contributed by atoms with van der Waals surface area (Å²) in [6.45, 7) is 2.61. The van der Waals surface area contributed by atoms with E-state index in [9.17, 15) is 5.11 Å². The fraction of sp³-hybridized carbons (Fsp3) is 0.200. The zero-order chi connectivity index (χ0) is 13.8. The molecule has 2 N–H and O–H groups in total. The van der Waals surface area contributed by atoms with Crippen molar-refractivity contribution in [2.24, 2.45) is 0 Å². The molecule has 0 saturated heterocycles. The molecule has 0 radical (unpaired) electrons. The highest BCUT2D eigenvalue weighted by Gasteiger charge is 2.04. The summed E-state index contributed by atoms with van der Waals surface area (Å²) in [7, 11) is 1.58. The zero-order valence-electron chi connectivity index (χ0n) is 10.9. The third-order valence-electron chi connectivity index (χ3n) is 2.95. The van der Waals surface area contributed by atoms with Gasteiger partial charge in [-0.15, -0.1) is 0 Å². The molecule has 2 rings (SSSR count). The van der Waals surface area contributed by atoms with Crippen molar-refractivity contribution >= 4 is 21.6 Å². The van der Waals surface area contributed by atoms with E-state index in [0.29, 0.717) is 12.3 Å². The molecule has 0 bridgehead atoms. The van der Waals surface area contributed by atoms with Crippen LogP contribution in [0.5, 0.6) is 11.5 Å². The van der Waals surface area contributed by atoms with Crippen molar-refractivity contribution < 1.29 is 9.84 Å². The molecule has 19 heavy (non-hydrogen) atoms.